The number of nitrogens with two attached hydrogens (primary N) is 1. The lowest BCUT2D eigenvalue weighted by Crippen LogP contribution is -2.33. The van der Waals surface area contributed by atoms with Gasteiger partial charge in [0, 0.05) is 24.5 Å². The van der Waals surface area contributed by atoms with Gasteiger partial charge in [0.2, 0.25) is 0 Å². The van der Waals surface area contributed by atoms with Crippen molar-refractivity contribution in [3.05, 3.63) is 28.8 Å². The Hall–Kier alpha value is -0.450. The van der Waals surface area contributed by atoms with E-state index in [1.165, 1.54) is 12.2 Å². The van der Waals surface area contributed by atoms with Gasteiger partial charge in [-0.1, -0.05) is 29.9 Å². The first-order valence-corrected chi connectivity index (χ1v) is 7.44. The molecule has 17 heavy (non-hydrogen) atoms. The molecule has 5 heteroatoms. The Bertz CT molecular complexity index is 431. The maximum atomic E-state index is 6.18. The topological polar surface area (TPSA) is 29.3 Å². The van der Waals surface area contributed by atoms with E-state index in [0.29, 0.717) is 16.1 Å². The summed E-state index contributed by atoms with van der Waals surface area (Å²) < 4.78 is 0. The minimum atomic E-state index is 0.364. The van der Waals surface area contributed by atoms with E-state index in [1.54, 1.807) is 0 Å². The molecule has 1 heterocycles. The zero-order chi connectivity index (χ0) is 12.4. The Morgan fingerprint density at radius 3 is 2.94 bits per heavy atom. The minimum absolute atomic E-state index is 0.364. The molecule has 0 saturated carbocycles. The molecule has 1 aliphatic heterocycles. The fourth-order valence-corrected chi connectivity index (χ4v) is 3.88. The molecule has 92 valence electrons. The lowest BCUT2D eigenvalue weighted by Gasteiger charge is -2.28. The fraction of sp³-hybridized carbons (Fsp3) is 0.417. The number of anilines is 1. The largest absolute Gasteiger partial charge is 0.389 e. The van der Waals surface area contributed by atoms with Gasteiger partial charge in [-0.05, 0) is 24.3 Å². The third kappa shape index (κ3) is 2.69. The van der Waals surface area contributed by atoms with Gasteiger partial charge >= 0.3 is 0 Å². The van der Waals surface area contributed by atoms with Crippen LogP contribution in [0.1, 0.15) is 12.0 Å². The van der Waals surface area contributed by atoms with E-state index in [2.05, 4.69) is 11.9 Å². The summed E-state index contributed by atoms with van der Waals surface area (Å²) in [5, 5.41) is 0.632. The van der Waals surface area contributed by atoms with Gasteiger partial charge in [-0.3, -0.25) is 0 Å². The molecule has 1 aromatic rings. The monoisotopic (exact) mass is 286 g/mol. The highest BCUT2D eigenvalue weighted by atomic mass is 35.5. The predicted octanol–water partition coefficient (Wildman–Crippen LogP) is 2.92. The molecule has 0 bridgehead atoms. The Morgan fingerprint density at radius 2 is 2.35 bits per heavy atom. The highest BCUT2D eigenvalue weighted by molar-refractivity contribution is 7.99. The smallest absolute Gasteiger partial charge is 0.107 e. The van der Waals surface area contributed by atoms with Gasteiger partial charge in [-0.15, -0.1) is 0 Å². The second-order valence-corrected chi connectivity index (χ2v) is 6.12. The first-order valence-electron chi connectivity index (χ1n) is 5.50. The molecule has 2 rings (SSSR count). The van der Waals surface area contributed by atoms with E-state index in [9.17, 15) is 0 Å². The van der Waals surface area contributed by atoms with Crippen LogP contribution in [0.25, 0.3) is 0 Å². The van der Waals surface area contributed by atoms with Gasteiger partial charge in [-0.2, -0.15) is 11.8 Å². The van der Waals surface area contributed by atoms with E-state index in [-0.39, 0.29) is 0 Å². The average molecular weight is 287 g/mol. The number of hydrogen-bond acceptors (Lipinski definition) is 3. The summed E-state index contributed by atoms with van der Waals surface area (Å²) >= 11 is 13.3. The summed E-state index contributed by atoms with van der Waals surface area (Å²) in [5.74, 6) is 2.37. The normalized spacial score (nSPS) is 19.3. The van der Waals surface area contributed by atoms with Crippen LogP contribution >= 0.6 is 35.6 Å². The molecule has 1 aliphatic rings. The number of nitrogens with zero attached hydrogens (tertiary/aromatic N) is 1. The molecule has 0 radical (unpaired) electrons. The van der Waals surface area contributed by atoms with Crippen molar-refractivity contribution in [3.8, 4) is 0 Å². The van der Waals surface area contributed by atoms with Crippen LogP contribution in [0.15, 0.2) is 18.2 Å². The first kappa shape index (κ1) is 13.0. The van der Waals surface area contributed by atoms with Crippen molar-refractivity contribution in [2.24, 2.45) is 5.73 Å². The zero-order valence-electron chi connectivity index (χ0n) is 9.65. The molecule has 0 aliphatic carbocycles. The maximum absolute atomic E-state index is 6.18. The van der Waals surface area contributed by atoms with E-state index in [0.717, 1.165) is 17.0 Å². The molecule has 1 atom stereocenters. The highest BCUT2D eigenvalue weighted by Gasteiger charge is 2.23. The van der Waals surface area contributed by atoms with Gasteiger partial charge in [0.15, 0.2) is 0 Å². The summed E-state index contributed by atoms with van der Waals surface area (Å²) in [6.45, 7) is 0. The quantitative estimate of drug-likeness (QED) is 0.865. The van der Waals surface area contributed by atoms with Crippen LogP contribution in [-0.4, -0.2) is 29.6 Å². The Kier molecular flexibility index (Phi) is 4.17. The Morgan fingerprint density at radius 1 is 1.59 bits per heavy atom. The van der Waals surface area contributed by atoms with Gasteiger partial charge < -0.3 is 10.6 Å². The number of hydrogen-bond donors (Lipinski definition) is 1. The van der Waals surface area contributed by atoms with Gasteiger partial charge in [-0.25, -0.2) is 0 Å². The third-order valence-electron chi connectivity index (χ3n) is 3.07. The number of thioether (sulfide) groups is 1. The zero-order valence-corrected chi connectivity index (χ0v) is 12.0. The fourth-order valence-electron chi connectivity index (χ4n) is 2.07. The van der Waals surface area contributed by atoms with Gasteiger partial charge in [0.1, 0.15) is 4.99 Å². The van der Waals surface area contributed by atoms with Crippen LogP contribution in [-0.2, 0) is 0 Å². The number of benzene rings is 1. The third-order valence-corrected chi connectivity index (χ3v) is 4.74. The van der Waals surface area contributed by atoms with Crippen LogP contribution in [0.3, 0.4) is 0 Å². The summed E-state index contributed by atoms with van der Waals surface area (Å²) in [6.07, 6.45) is 1.20. The standard InChI is InChI=1S/C12H15ClN2S2/c1-15(8-5-6-17-7-8)10-4-2-3-9(13)11(10)12(14)16/h2-4,8H,5-7H2,1H3,(H2,14,16). The minimum Gasteiger partial charge on any atom is -0.389 e. The predicted molar refractivity (Wildman–Crippen MR) is 81.5 cm³/mol. The molecule has 2 N–H and O–H groups in total. The molecular formula is C12H15ClN2S2. The van der Waals surface area contributed by atoms with Crippen molar-refractivity contribution in [1.82, 2.24) is 0 Å². The van der Waals surface area contributed by atoms with Crippen LogP contribution in [0.4, 0.5) is 5.69 Å². The molecule has 0 amide bonds. The van der Waals surface area contributed by atoms with Crippen LogP contribution < -0.4 is 10.6 Å². The van der Waals surface area contributed by atoms with E-state index in [1.807, 2.05) is 30.0 Å². The molecule has 2 nitrogen and oxygen atoms in total. The molecule has 1 saturated heterocycles. The first-order chi connectivity index (χ1) is 8.11. The lowest BCUT2D eigenvalue weighted by molar-refractivity contribution is 0.700. The second kappa shape index (κ2) is 5.46. The van der Waals surface area contributed by atoms with Crippen LogP contribution in [0, 0.1) is 0 Å². The number of thiocarbonyl (C=S) groups is 1. The van der Waals surface area contributed by atoms with E-state index < -0.39 is 0 Å². The van der Waals surface area contributed by atoms with Crippen molar-refractivity contribution in [3.63, 3.8) is 0 Å². The summed E-state index contributed by atoms with van der Waals surface area (Å²) in [5.41, 5.74) is 7.60. The van der Waals surface area contributed by atoms with Crippen molar-refractivity contribution in [1.29, 1.82) is 0 Å². The van der Waals surface area contributed by atoms with Crippen LogP contribution in [0.5, 0.6) is 0 Å². The van der Waals surface area contributed by atoms with E-state index >= 15 is 0 Å². The van der Waals surface area contributed by atoms with Crippen molar-refractivity contribution < 1.29 is 0 Å². The Labute approximate surface area is 117 Å². The maximum Gasteiger partial charge on any atom is 0.107 e. The molecular weight excluding hydrogens is 272 g/mol. The van der Waals surface area contributed by atoms with Gasteiger partial charge in [0.05, 0.1) is 10.6 Å². The summed E-state index contributed by atoms with van der Waals surface area (Å²) in [7, 11) is 2.09. The molecule has 1 fully saturated rings. The molecule has 0 aromatic heterocycles. The second-order valence-electron chi connectivity index (χ2n) is 4.13. The molecule has 0 spiro atoms. The molecule has 1 aromatic carbocycles. The lowest BCUT2D eigenvalue weighted by atomic mass is 10.1. The Balaban J connectivity index is 2.36. The number of halogens is 1. The van der Waals surface area contributed by atoms with Crippen LogP contribution in [0.2, 0.25) is 5.02 Å². The average Bonchev–Trinajstić information content (AvgIpc) is 2.80. The highest BCUT2D eigenvalue weighted by Crippen LogP contribution is 2.31. The molecule has 1 unspecified atom stereocenters. The summed E-state index contributed by atoms with van der Waals surface area (Å²) in [4.78, 5) is 2.61. The van der Waals surface area contributed by atoms with Gasteiger partial charge in [0.25, 0.3) is 0 Å². The van der Waals surface area contributed by atoms with E-state index in [4.69, 9.17) is 29.6 Å². The summed E-state index contributed by atoms with van der Waals surface area (Å²) in [6, 6.07) is 6.35. The number of rotatable bonds is 3. The van der Waals surface area contributed by atoms with Crippen molar-refractivity contribution in [2.75, 3.05) is 23.5 Å². The SMILES string of the molecule is CN(c1cccc(Cl)c1C(N)=S)C1CCSC1. The van der Waals surface area contributed by atoms with Crippen molar-refractivity contribution >= 4 is 46.3 Å². The van der Waals surface area contributed by atoms with Crippen molar-refractivity contribution in [2.45, 2.75) is 12.5 Å².